The third-order valence-electron chi connectivity index (χ3n) is 3.79. The molecular weight excluding hydrogens is 340 g/mol. The van der Waals surface area contributed by atoms with Crippen LogP contribution in [0.5, 0.6) is 0 Å². The van der Waals surface area contributed by atoms with Crippen LogP contribution >= 0.6 is 0 Å². The lowest BCUT2D eigenvalue weighted by molar-refractivity contribution is -0.125. The maximum atomic E-state index is 13.4. The van der Waals surface area contributed by atoms with Gasteiger partial charge in [-0.15, -0.1) is 0 Å². The van der Waals surface area contributed by atoms with Crippen LogP contribution in [-0.4, -0.2) is 30.4 Å². The van der Waals surface area contributed by atoms with Gasteiger partial charge in [0.2, 0.25) is 5.91 Å². The fraction of sp³-hybridized carbons (Fsp3) is 0.263. The molecule has 0 aliphatic rings. The molecule has 0 fully saturated rings. The predicted octanol–water partition coefficient (Wildman–Crippen LogP) is 2.98. The van der Waals surface area contributed by atoms with E-state index in [1.54, 1.807) is 43.1 Å². The zero-order valence-corrected chi connectivity index (χ0v) is 14.6. The molecule has 2 aromatic carbocycles. The number of nitrogens with one attached hydrogen (secondary N) is 2. The minimum absolute atomic E-state index is 0.194. The monoisotopic (exact) mass is 361 g/mol. The zero-order valence-electron chi connectivity index (χ0n) is 14.6. The van der Waals surface area contributed by atoms with Crippen LogP contribution in [0.15, 0.2) is 48.5 Å². The molecule has 0 aromatic heterocycles. The molecule has 0 bridgehead atoms. The number of urea groups is 1. The normalized spacial score (nSPS) is 11.9. The molecule has 2 rings (SSSR count). The van der Waals surface area contributed by atoms with Crippen molar-refractivity contribution in [3.8, 4) is 0 Å². The van der Waals surface area contributed by atoms with E-state index in [0.29, 0.717) is 17.7 Å². The first-order valence-electron chi connectivity index (χ1n) is 8.20. The van der Waals surface area contributed by atoms with Gasteiger partial charge in [-0.05, 0) is 37.2 Å². The van der Waals surface area contributed by atoms with E-state index in [2.05, 4.69) is 10.6 Å². The maximum Gasteiger partial charge on any atom is 0.321 e. The summed E-state index contributed by atoms with van der Waals surface area (Å²) >= 11 is 0. The number of imide groups is 1. The Bertz CT molecular complexity index is 769. The van der Waals surface area contributed by atoms with Gasteiger partial charge in [-0.3, -0.25) is 15.0 Å². The Balaban J connectivity index is 2.23. The van der Waals surface area contributed by atoms with Crippen molar-refractivity contribution in [3.63, 3.8) is 0 Å². The highest BCUT2D eigenvalue weighted by atomic mass is 19.2. The number of nitrogens with zero attached hydrogens (tertiary/aromatic N) is 1. The van der Waals surface area contributed by atoms with Gasteiger partial charge in [0.05, 0.1) is 0 Å². The number of carbonyl (C=O) groups excluding carboxylic acids is 2. The van der Waals surface area contributed by atoms with Crippen molar-refractivity contribution < 1.29 is 18.4 Å². The number of carbonyl (C=O) groups is 2. The second-order valence-electron chi connectivity index (χ2n) is 5.83. The van der Waals surface area contributed by atoms with Crippen molar-refractivity contribution in [1.82, 2.24) is 15.5 Å². The lowest BCUT2D eigenvalue weighted by Gasteiger charge is -2.27. The van der Waals surface area contributed by atoms with Gasteiger partial charge in [0, 0.05) is 13.1 Å². The van der Waals surface area contributed by atoms with Crippen LogP contribution in [0.4, 0.5) is 13.6 Å². The van der Waals surface area contributed by atoms with E-state index in [9.17, 15) is 18.4 Å². The lowest BCUT2D eigenvalue weighted by atomic mass is 10.0. The SMILES string of the molecule is CCNC(=O)NC(=O)C(c1ccccc1)N(C)Cc1ccc(F)c(F)c1. The van der Waals surface area contributed by atoms with Crippen LogP contribution in [0.3, 0.4) is 0 Å². The number of hydrogen-bond acceptors (Lipinski definition) is 3. The summed E-state index contributed by atoms with van der Waals surface area (Å²) < 4.78 is 26.6. The molecule has 0 saturated heterocycles. The summed E-state index contributed by atoms with van der Waals surface area (Å²) in [7, 11) is 1.68. The first kappa shape index (κ1) is 19.5. The van der Waals surface area contributed by atoms with Gasteiger partial charge in [-0.2, -0.15) is 0 Å². The van der Waals surface area contributed by atoms with Crippen molar-refractivity contribution in [2.45, 2.75) is 19.5 Å². The highest BCUT2D eigenvalue weighted by Gasteiger charge is 2.26. The Morgan fingerprint density at radius 2 is 1.77 bits per heavy atom. The average molecular weight is 361 g/mol. The fourth-order valence-corrected chi connectivity index (χ4v) is 2.64. The van der Waals surface area contributed by atoms with Gasteiger partial charge in [-0.1, -0.05) is 36.4 Å². The van der Waals surface area contributed by atoms with Gasteiger partial charge in [0.25, 0.3) is 0 Å². The standard InChI is InChI=1S/C19H21F2N3O2/c1-3-22-19(26)23-18(25)17(14-7-5-4-6-8-14)24(2)12-13-9-10-15(20)16(21)11-13/h4-11,17H,3,12H2,1-2H3,(H2,22,23,25,26). The van der Waals surface area contributed by atoms with Crippen LogP contribution in [0.25, 0.3) is 0 Å². The first-order chi connectivity index (χ1) is 12.4. The second-order valence-corrected chi connectivity index (χ2v) is 5.83. The van der Waals surface area contributed by atoms with Crippen LogP contribution in [0.2, 0.25) is 0 Å². The summed E-state index contributed by atoms with van der Waals surface area (Å²) in [6, 6.07) is 11.2. The topological polar surface area (TPSA) is 61.4 Å². The summed E-state index contributed by atoms with van der Waals surface area (Å²) in [6.45, 7) is 2.33. The molecule has 2 N–H and O–H groups in total. The number of benzene rings is 2. The molecule has 0 aliphatic carbocycles. The van der Waals surface area contributed by atoms with E-state index in [4.69, 9.17) is 0 Å². The van der Waals surface area contributed by atoms with Crippen molar-refractivity contribution in [3.05, 3.63) is 71.3 Å². The number of halogens is 2. The average Bonchev–Trinajstić information content (AvgIpc) is 2.59. The molecule has 1 atom stereocenters. The summed E-state index contributed by atoms with van der Waals surface area (Å²) in [4.78, 5) is 26.0. The number of likely N-dealkylation sites (N-methyl/N-ethyl adjacent to an activating group) is 1. The fourth-order valence-electron chi connectivity index (χ4n) is 2.64. The molecule has 2 aromatic rings. The Morgan fingerprint density at radius 3 is 2.38 bits per heavy atom. The van der Waals surface area contributed by atoms with Crippen molar-refractivity contribution >= 4 is 11.9 Å². The van der Waals surface area contributed by atoms with E-state index in [1.165, 1.54) is 6.07 Å². The highest BCUT2D eigenvalue weighted by molar-refractivity contribution is 5.97. The van der Waals surface area contributed by atoms with Crippen molar-refractivity contribution in [2.24, 2.45) is 0 Å². The third kappa shape index (κ3) is 5.10. The van der Waals surface area contributed by atoms with Gasteiger partial charge in [0.15, 0.2) is 11.6 Å². The molecule has 1 unspecified atom stereocenters. The predicted molar refractivity (Wildman–Crippen MR) is 94.2 cm³/mol. The Kier molecular flexibility index (Phi) is 6.80. The van der Waals surface area contributed by atoms with Crippen LogP contribution in [0, 0.1) is 11.6 Å². The third-order valence-corrected chi connectivity index (χ3v) is 3.79. The number of rotatable bonds is 6. The molecule has 0 radical (unpaired) electrons. The summed E-state index contributed by atoms with van der Waals surface area (Å²) in [5.74, 6) is -2.38. The molecular formula is C19H21F2N3O2. The van der Waals surface area contributed by atoms with Crippen molar-refractivity contribution in [1.29, 1.82) is 0 Å². The van der Waals surface area contributed by atoms with E-state index >= 15 is 0 Å². The summed E-state index contributed by atoms with van der Waals surface area (Å²) in [6.07, 6.45) is 0. The highest BCUT2D eigenvalue weighted by Crippen LogP contribution is 2.22. The molecule has 5 nitrogen and oxygen atoms in total. The van der Waals surface area contributed by atoms with Gasteiger partial charge in [0.1, 0.15) is 6.04 Å². The van der Waals surface area contributed by atoms with Gasteiger partial charge >= 0.3 is 6.03 Å². The molecule has 0 spiro atoms. The Morgan fingerprint density at radius 1 is 1.08 bits per heavy atom. The maximum absolute atomic E-state index is 13.4. The van der Waals surface area contributed by atoms with Crippen LogP contribution in [-0.2, 0) is 11.3 Å². The van der Waals surface area contributed by atoms with Crippen molar-refractivity contribution in [2.75, 3.05) is 13.6 Å². The van der Waals surface area contributed by atoms with Crippen LogP contribution in [0.1, 0.15) is 24.1 Å². The smallest absolute Gasteiger partial charge is 0.321 e. The first-order valence-corrected chi connectivity index (χ1v) is 8.20. The van der Waals surface area contributed by atoms with Crippen LogP contribution < -0.4 is 10.6 Å². The molecule has 138 valence electrons. The molecule has 0 saturated carbocycles. The minimum atomic E-state index is -0.945. The minimum Gasteiger partial charge on any atom is -0.338 e. The Hall–Kier alpha value is -2.80. The largest absolute Gasteiger partial charge is 0.338 e. The number of amides is 3. The van der Waals surface area contributed by atoms with Gasteiger partial charge < -0.3 is 5.32 Å². The molecule has 3 amide bonds. The zero-order chi connectivity index (χ0) is 19.1. The molecule has 0 heterocycles. The lowest BCUT2D eigenvalue weighted by Crippen LogP contribution is -2.45. The van der Waals surface area contributed by atoms with E-state index in [1.807, 2.05) is 6.07 Å². The summed E-state index contributed by atoms with van der Waals surface area (Å²) in [5.41, 5.74) is 1.19. The molecule has 26 heavy (non-hydrogen) atoms. The second kappa shape index (κ2) is 9.05. The van der Waals surface area contributed by atoms with E-state index in [0.717, 1.165) is 12.1 Å². The Labute approximate surface area is 151 Å². The number of hydrogen-bond donors (Lipinski definition) is 2. The molecule has 0 aliphatic heterocycles. The van der Waals surface area contributed by atoms with Gasteiger partial charge in [-0.25, -0.2) is 13.6 Å². The summed E-state index contributed by atoms with van der Waals surface area (Å²) in [5, 5.41) is 4.81. The quantitative estimate of drug-likeness (QED) is 0.832. The van der Waals surface area contributed by atoms with E-state index < -0.39 is 29.6 Å². The molecule has 7 heteroatoms. The van der Waals surface area contributed by atoms with E-state index in [-0.39, 0.29) is 6.54 Å².